The molecule has 0 unspecified atom stereocenters. The van der Waals surface area contributed by atoms with Gasteiger partial charge in [-0.2, -0.15) is 0 Å². The van der Waals surface area contributed by atoms with Gasteiger partial charge < -0.3 is 14.2 Å². The van der Waals surface area contributed by atoms with E-state index in [0.717, 1.165) is 16.7 Å². The Balaban J connectivity index is 1.64. The van der Waals surface area contributed by atoms with Crippen LogP contribution in [-0.4, -0.2) is 12.1 Å². The van der Waals surface area contributed by atoms with Crippen LogP contribution in [0.2, 0.25) is 0 Å². The highest BCUT2D eigenvalue weighted by Crippen LogP contribution is 2.33. The van der Waals surface area contributed by atoms with Crippen molar-refractivity contribution in [3.8, 4) is 17.2 Å². The van der Waals surface area contributed by atoms with Gasteiger partial charge in [0.2, 0.25) is 0 Å². The highest BCUT2D eigenvalue weighted by atomic mass is 16.7. The lowest BCUT2D eigenvalue weighted by molar-refractivity contribution is -0.131. The van der Waals surface area contributed by atoms with Gasteiger partial charge in [-0.1, -0.05) is 71.0 Å². The van der Waals surface area contributed by atoms with Crippen LogP contribution in [0.15, 0.2) is 72.8 Å². The molecule has 0 heterocycles. The SMILES string of the molecule is CC(=O)Oc1ccc(C(C)(C)c2ccc(OC(=O)Oc3ccc(C(C)(C)C)cc3)cc2)cc1. The summed E-state index contributed by atoms with van der Waals surface area (Å²) in [5.41, 5.74) is 2.98. The molecule has 0 saturated carbocycles. The lowest BCUT2D eigenvalue weighted by Crippen LogP contribution is -2.19. The van der Waals surface area contributed by atoms with Crippen molar-refractivity contribution in [3.63, 3.8) is 0 Å². The first-order valence-corrected chi connectivity index (χ1v) is 10.8. The number of ether oxygens (including phenoxy) is 3. The summed E-state index contributed by atoms with van der Waals surface area (Å²) in [5.74, 6) is 0.995. The summed E-state index contributed by atoms with van der Waals surface area (Å²) in [5, 5.41) is 0. The van der Waals surface area contributed by atoms with E-state index in [4.69, 9.17) is 14.2 Å². The van der Waals surface area contributed by atoms with Gasteiger partial charge in [0.25, 0.3) is 0 Å². The quantitative estimate of drug-likeness (QED) is 0.245. The van der Waals surface area contributed by atoms with Gasteiger partial charge in [0.15, 0.2) is 0 Å². The minimum atomic E-state index is -0.786. The van der Waals surface area contributed by atoms with E-state index in [-0.39, 0.29) is 16.8 Å². The summed E-state index contributed by atoms with van der Waals surface area (Å²) in [7, 11) is 0. The fourth-order valence-corrected chi connectivity index (χ4v) is 3.45. The van der Waals surface area contributed by atoms with Gasteiger partial charge in [0, 0.05) is 12.3 Å². The van der Waals surface area contributed by atoms with Crippen LogP contribution in [0.25, 0.3) is 0 Å². The van der Waals surface area contributed by atoms with Crippen molar-refractivity contribution < 1.29 is 23.8 Å². The zero-order valence-electron chi connectivity index (χ0n) is 20.0. The third-order valence-electron chi connectivity index (χ3n) is 5.54. The Morgan fingerprint density at radius 1 is 0.545 bits per heavy atom. The van der Waals surface area contributed by atoms with Crippen LogP contribution < -0.4 is 14.2 Å². The van der Waals surface area contributed by atoms with E-state index in [1.165, 1.54) is 6.92 Å². The normalized spacial score (nSPS) is 11.6. The Morgan fingerprint density at radius 2 is 0.879 bits per heavy atom. The maximum Gasteiger partial charge on any atom is 0.519 e. The molecule has 0 bridgehead atoms. The smallest absolute Gasteiger partial charge is 0.427 e. The number of esters is 1. The van der Waals surface area contributed by atoms with Crippen molar-refractivity contribution in [1.29, 1.82) is 0 Å². The van der Waals surface area contributed by atoms with Gasteiger partial charge in [-0.15, -0.1) is 0 Å². The summed E-state index contributed by atoms with van der Waals surface area (Å²) >= 11 is 0. The lowest BCUT2D eigenvalue weighted by atomic mass is 9.78. The van der Waals surface area contributed by atoms with Crippen molar-refractivity contribution in [2.24, 2.45) is 0 Å². The van der Waals surface area contributed by atoms with E-state index in [0.29, 0.717) is 17.2 Å². The highest BCUT2D eigenvalue weighted by Gasteiger charge is 2.23. The lowest BCUT2D eigenvalue weighted by Gasteiger charge is -2.26. The van der Waals surface area contributed by atoms with Gasteiger partial charge in [-0.25, -0.2) is 4.79 Å². The molecule has 0 fully saturated rings. The van der Waals surface area contributed by atoms with Crippen molar-refractivity contribution in [2.45, 2.75) is 52.4 Å². The van der Waals surface area contributed by atoms with E-state index in [2.05, 4.69) is 34.6 Å². The third-order valence-corrected chi connectivity index (χ3v) is 5.54. The average Bonchev–Trinajstić information content (AvgIpc) is 2.74. The fourth-order valence-electron chi connectivity index (χ4n) is 3.45. The molecule has 0 aliphatic heterocycles. The second-order valence-corrected chi connectivity index (χ2v) is 9.50. The summed E-state index contributed by atoms with van der Waals surface area (Å²) in [6.07, 6.45) is -0.786. The molecule has 3 aromatic rings. The first-order chi connectivity index (χ1) is 15.4. The number of carbonyl (C=O) groups is 2. The Kier molecular flexibility index (Phi) is 6.92. The molecule has 0 atom stereocenters. The zero-order valence-corrected chi connectivity index (χ0v) is 20.0. The second-order valence-electron chi connectivity index (χ2n) is 9.50. The standard InChI is InChI=1S/C28H30O5/c1-19(29)31-23-15-9-21(10-16-23)28(5,6)22-11-17-25(18-12-22)33-26(30)32-24-13-7-20(8-14-24)27(2,3)4/h7-18H,1-6H3. The topological polar surface area (TPSA) is 61.8 Å². The van der Waals surface area contributed by atoms with E-state index < -0.39 is 6.16 Å². The molecule has 0 amide bonds. The molecule has 0 N–H and O–H groups in total. The van der Waals surface area contributed by atoms with Gasteiger partial charge in [0.1, 0.15) is 17.2 Å². The molecule has 3 aromatic carbocycles. The predicted molar refractivity (Wildman–Crippen MR) is 128 cm³/mol. The largest absolute Gasteiger partial charge is 0.519 e. The summed E-state index contributed by atoms with van der Waals surface area (Å²) < 4.78 is 15.7. The molecule has 3 rings (SSSR count). The van der Waals surface area contributed by atoms with Crippen molar-refractivity contribution in [3.05, 3.63) is 89.5 Å². The van der Waals surface area contributed by atoms with E-state index >= 15 is 0 Å². The Hall–Kier alpha value is -3.60. The molecular formula is C28H30O5. The molecule has 33 heavy (non-hydrogen) atoms. The monoisotopic (exact) mass is 446 g/mol. The maximum absolute atomic E-state index is 12.2. The Labute approximate surface area is 195 Å². The van der Waals surface area contributed by atoms with E-state index in [1.54, 1.807) is 36.4 Å². The first kappa shape index (κ1) is 24.1. The number of hydrogen-bond donors (Lipinski definition) is 0. The highest BCUT2D eigenvalue weighted by molar-refractivity contribution is 5.69. The molecule has 0 radical (unpaired) electrons. The van der Waals surface area contributed by atoms with Gasteiger partial charge in [0.05, 0.1) is 0 Å². The predicted octanol–water partition coefficient (Wildman–Crippen LogP) is 6.81. The van der Waals surface area contributed by atoms with E-state index in [9.17, 15) is 9.59 Å². The Bertz CT molecular complexity index is 1100. The van der Waals surface area contributed by atoms with Crippen LogP contribution in [-0.2, 0) is 15.6 Å². The summed E-state index contributed by atoms with van der Waals surface area (Å²) in [6.45, 7) is 11.9. The van der Waals surface area contributed by atoms with Crippen LogP contribution in [0.5, 0.6) is 17.2 Å². The van der Waals surface area contributed by atoms with Gasteiger partial charge in [-0.05, 0) is 58.5 Å². The molecule has 172 valence electrons. The van der Waals surface area contributed by atoms with Crippen LogP contribution in [0.3, 0.4) is 0 Å². The van der Waals surface area contributed by atoms with Gasteiger partial charge >= 0.3 is 12.1 Å². The van der Waals surface area contributed by atoms with Crippen LogP contribution in [0.1, 0.15) is 58.2 Å². The number of rotatable bonds is 5. The molecule has 5 heteroatoms. The van der Waals surface area contributed by atoms with Crippen molar-refractivity contribution in [1.82, 2.24) is 0 Å². The molecule has 0 spiro atoms. The van der Waals surface area contributed by atoms with Crippen LogP contribution >= 0.6 is 0 Å². The van der Waals surface area contributed by atoms with Crippen molar-refractivity contribution in [2.75, 3.05) is 0 Å². The molecule has 0 aliphatic rings. The second kappa shape index (κ2) is 9.49. The Morgan fingerprint density at radius 3 is 1.21 bits per heavy atom. The first-order valence-electron chi connectivity index (χ1n) is 10.8. The molecule has 0 aliphatic carbocycles. The number of carbonyl (C=O) groups excluding carboxylic acids is 2. The van der Waals surface area contributed by atoms with Crippen LogP contribution in [0, 0.1) is 0 Å². The molecule has 5 nitrogen and oxygen atoms in total. The minimum Gasteiger partial charge on any atom is -0.427 e. The number of benzene rings is 3. The average molecular weight is 447 g/mol. The molecule has 0 aromatic heterocycles. The number of hydrogen-bond acceptors (Lipinski definition) is 5. The van der Waals surface area contributed by atoms with E-state index in [1.807, 2.05) is 36.4 Å². The minimum absolute atomic E-state index is 0.0267. The molecular weight excluding hydrogens is 416 g/mol. The summed E-state index contributed by atoms with van der Waals surface area (Å²) in [4.78, 5) is 23.3. The van der Waals surface area contributed by atoms with Crippen molar-refractivity contribution >= 4 is 12.1 Å². The molecule has 0 saturated heterocycles. The maximum atomic E-state index is 12.2. The van der Waals surface area contributed by atoms with Gasteiger partial charge in [-0.3, -0.25) is 4.79 Å². The van der Waals surface area contributed by atoms with Crippen LogP contribution in [0.4, 0.5) is 4.79 Å². The zero-order chi connectivity index (χ0) is 24.2. The fraction of sp³-hybridized carbons (Fsp3) is 0.286. The third kappa shape index (κ3) is 6.22. The summed E-state index contributed by atoms with van der Waals surface area (Å²) in [6, 6.07) is 22.2.